The van der Waals surface area contributed by atoms with E-state index in [1.165, 1.54) is 10.4 Å². The molecule has 3 rings (SSSR count). The van der Waals surface area contributed by atoms with Crippen LogP contribution in [0.5, 0.6) is 0 Å². The molecule has 32 heavy (non-hydrogen) atoms. The number of benzene rings is 2. The average Bonchev–Trinajstić information content (AvgIpc) is 3.50. The lowest BCUT2D eigenvalue weighted by molar-refractivity contribution is -0.156. The highest BCUT2D eigenvalue weighted by Gasteiger charge is 2.50. The second-order valence-corrected chi connectivity index (χ2v) is 15.4. The van der Waals surface area contributed by atoms with E-state index in [2.05, 4.69) is 81.4 Å². The summed E-state index contributed by atoms with van der Waals surface area (Å²) >= 11 is 0. The molecular weight excluding hydrogens is 412 g/mol. The molecule has 3 nitrogen and oxygen atoms in total. The van der Waals surface area contributed by atoms with Crippen LogP contribution >= 0.6 is 0 Å². The Balaban J connectivity index is 1.62. The van der Waals surface area contributed by atoms with E-state index < -0.39 is 13.9 Å². The van der Waals surface area contributed by atoms with Gasteiger partial charge in [0.15, 0.2) is 0 Å². The molecule has 2 aromatic carbocycles. The summed E-state index contributed by atoms with van der Waals surface area (Å²) in [6.45, 7) is 13.5. The highest BCUT2D eigenvalue weighted by Crippen LogP contribution is 2.44. The Hall–Kier alpha value is -1.91. The van der Waals surface area contributed by atoms with Crippen molar-refractivity contribution in [2.75, 3.05) is 6.61 Å². The predicted octanol–water partition coefficient (Wildman–Crippen LogP) is 5.71. The van der Waals surface area contributed by atoms with Crippen molar-refractivity contribution in [3.8, 4) is 0 Å². The van der Waals surface area contributed by atoms with Crippen LogP contribution in [0, 0.1) is 11.8 Å². The molecule has 0 spiro atoms. The molecule has 0 heterocycles. The highest BCUT2D eigenvalue weighted by molar-refractivity contribution is 6.99. The van der Waals surface area contributed by atoms with Crippen molar-refractivity contribution in [2.24, 2.45) is 11.8 Å². The molecule has 4 heteroatoms. The van der Waals surface area contributed by atoms with Gasteiger partial charge in [0.05, 0.1) is 5.92 Å². The number of hydrogen-bond acceptors (Lipinski definition) is 3. The van der Waals surface area contributed by atoms with Crippen molar-refractivity contribution in [2.45, 2.75) is 77.9 Å². The van der Waals surface area contributed by atoms with Crippen LogP contribution in [0.2, 0.25) is 5.04 Å². The molecule has 0 N–H and O–H groups in total. The molecule has 174 valence electrons. The number of esters is 1. The molecule has 0 saturated heterocycles. The van der Waals surface area contributed by atoms with Gasteiger partial charge in [0.1, 0.15) is 5.60 Å². The number of ether oxygens (including phenoxy) is 1. The number of hydrogen-bond donors (Lipinski definition) is 0. The third-order valence-electron chi connectivity index (χ3n) is 6.34. The van der Waals surface area contributed by atoms with Crippen molar-refractivity contribution in [3.63, 3.8) is 0 Å². The summed E-state index contributed by atoms with van der Waals surface area (Å²) in [7, 11) is -2.44. The molecule has 0 aromatic heterocycles. The maximum Gasteiger partial charge on any atom is 0.309 e. The van der Waals surface area contributed by atoms with E-state index in [0.717, 1.165) is 32.3 Å². The molecule has 1 saturated carbocycles. The largest absolute Gasteiger partial charge is 0.460 e. The fourth-order valence-electron chi connectivity index (χ4n) is 4.73. The minimum Gasteiger partial charge on any atom is -0.460 e. The van der Waals surface area contributed by atoms with Crippen molar-refractivity contribution in [1.29, 1.82) is 0 Å². The molecule has 2 aromatic rings. The van der Waals surface area contributed by atoms with Gasteiger partial charge in [-0.2, -0.15) is 0 Å². The van der Waals surface area contributed by atoms with E-state index in [9.17, 15) is 4.79 Å². The maximum absolute atomic E-state index is 12.2. The molecule has 1 aliphatic rings. The quantitative estimate of drug-likeness (QED) is 0.278. The van der Waals surface area contributed by atoms with Crippen LogP contribution in [0.15, 0.2) is 60.7 Å². The van der Waals surface area contributed by atoms with Crippen LogP contribution in [-0.4, -0.2) is 26.5 Å². The Morgan fingerprint density at radius 2 is 1.41 bits per heavy atom. The lowest BCUT2D eigenvalue weighted by atomic mass is 10.1. The molecule has 0 radical (unpaired) electrons. The van der Waals surface area contributed by atoms with E-state index in [4.69, 9.17) is 9.16 Å². The molecule has 0 bridgehead atoms. The van der Waals surface area contributed by atoms with Gasteiger partial charge in [0.2, 0.25) is 0 Å². The van der Waals surface area contributed by atoms with Crippen LogP contribution in [-0.2, 0) is 14.0 Å². The maximum atomic E-state index is 12.2. The van der Waals surface area contributed by atoms with Gasteiger partial charge in [-0.3, -0.25) is 4.79 Å². The summed E-state index contributed by atoms with van der Waals surface area (Å²) in [5.74, 6) is 0.565. The molecular formula is C28H40O3Si. The monoisotopic (exact) mass is 452 g/mol. The summed E-state index contributed by atoms with van der Waals surface area (Å²) < 4.78 is 12.5. The molecule has 2 atom stereocenters. The fourth-order valence-corrected chi connectivity index (χ4v) is 9.33. The molecule has 0 amide bonds. The first-order chi connectivity index (χ1) is 15.0. The highest BCUT2D eigenvalue weighted by atomic mass is 28.4. The standard InChI is InChI=1S/C28H40O3Si/c1-27(2,3)31-26(29)25-21-22(25)15-13-14-20-30-32(28(4,5)6,23-16-9-7-10-17-23)24-18-11-8-12-19-24/h7-12,16-19,22,25H,13-15,20-21H2,1-6H3. The smallest absolute Gasteiger partial charge is 0.309 e. The van der Waals surface area contributed by atoms with Crippen molar-refractivity contribution in [1.82, 2.24) is 0 Å². The van der Waals surface area contributed by atoms with Gasteiger partial charge < -0.3 is 9.16 Å². The lowest BCUT2D eigenvalue weighted by Gasteiger charge is -2.43. The van der Waals surface area contributed by atoms with E-state index in [-0.39, 0.29) is 16.9 Å². The lowest BCUT2D eigenvalue weighted by Crippen LogP contribution is -2.66. The Bertz CT molecular complexity index is 826. The Morgan fingerprint density at radius 1 is 0.875 bits per heavy atom. The second kappa shape index (κ2) is 9.92. The molecule has 0 aliphatic heterocycles. The van der Waals surface area contributed by atoms with Gasteiger partial charge in [0.25, 0.3) is 8.32 Å². The number of rotatable bonds is 9. The first kappa shape index (κ1) is 24.7. The number of unbranched alkanes of at least 4 members (excludes halogenated alkanes) is 1. The zero-order valence-corrected chi connectivity index (χ0v) is 21.7. The van der Waals surface area contributed by atoms with Crippen LogP contribution in [0.25, 0.3) is 0 Å². The summed E-state index contributed by atoms with van der Waals surface area (Å²) in [6, 6.07) is 21.6. The van der Waals surface area contributed by atoms with Gasteiger partial charge in [-0.05, 0) is 61.4 Å². The van der Waals surface area contributed by atoms with E-state index in [1.807, 2.05) is 20.8 Å². The fraction of sp³-hybridized carbons (Fsp3) is 0.536. The normalized spacial score (nSPS) is 18.9. The van der Waals surface area contributed by atoms with Gasteiger partial charge in [-0.25, -0.2) is 0 Å². The van der Waals surface area contributed by atoms with Gasteiger partial charge in [0, 0.05) is 6.61 Å². The van der Waals surface area contributed by atoms with Crippen LogP contribution in [0.1, 0.15) is 67.2 Å². The van der Waals surface area contributed by atoms with Gasteiger partial charge in [-0.15, -0.1) is 0 Å². The van der Waals surface area contributed by atoms with Crippen LogP contribution in [0.3, 0.4) is 0 Å². The first-order valence-corrected chi connectivity index (χ1v) is 13.9. The third kappa shape index (κ3) is 5.90. The van der Waals surface area contributed by atoms with Crippen molar-refractivity contribution >= 4 is 24.7 Å². The SMILES string of the molecule is CC(C)(C)OC(=O)C1CC1CCCCO[Si](c1ccccc1)(c1ccccc1)C(C)(C)C. The Kier molecular flexibility index (Phi) is 7.67. The summed E-state index contributed by atoms with van der Waals surface area (Å²) in [5, 5.41) is 2.66. The molecule has 1 aliphatic carbocycles. The van der Waals surface area contributed by atoms with E-state index in [0.29, 0.717) is 5.92 Å². The number of carbonyl (C=O) groups is 1. The van der Waals surface area contributed by atoms with Crippen LogP contribution < -0.4 is 10.4 Å². The van der Waals surface area contributed by atoms with Crippen LogP contribution in [0.4, 0.5) is 0 Å². The predicted molar refractivity (Wildman–Crippen MR) is 135 cm³/mol. The van der Waals surface area contributed by atoms with Crippen molar-refractivity contribution in [3.05, 3.63) is 60.7 Å². The minimum atomic E-state index is -2.44. The van der Waals surface area contributed by atoms with Crippen molar-refractivity contribution < 1.29 is 14.0 Å². The van der Waals surface area contributed by atoms with E-state index in [1.54, 1.807) is 0 Å². The summed E-state index contributed by atoms with van der Waals surface area (Å²) in [6.07, 6.45) is 4.16. The second-order valence-electron chi connectivity index (χ2n) is 11.1. The van der Waals surface area contributed by atoms with E-state index >= 15 is 0 Å². The zero-order chi connectivity index (χ0) is 23.4. The third-order valence-corrected chi connectivity index (χ3v) is 11.4. The molecule has 1 fully saturated rings. The first-order valence-electron chi connectivity index (χ1n) is 12.0. The summed E-state index contributed by atoms with van der Waals surface area (Å²) in [5.41, 5.74) is -0.395. The Labute approximate surface area is 195 Å². The number of carbonyl (C=O) groups excluding carboxylic acids is 1. The van der Waals surface area contributed by atoms with Gasteiger partial charge >= 0.3 is 5.97 Å². The zero-order valence-electron chi connectivity index (χ0n) is 20.7. The minimum absolute atomic E-state index is 0.00794. The average molecular weight is 453 g/mol. The molecule has 2 unspecified atom stereocenters. The summed E-state index contributed by atoms with van der Waals surface area (Å²) in [4.78, 5) is 12.2. The van der Waals surface area contributed by atoms with Gasteiger partial charge in [-0.1, -0.05) is 87.9 Å². The topological polar surface area (TPSA) is 35.5 Å². The Morgan fingerprint density at radius 3 is 1.88 bits per heavy atom.